The van der Waals surface area contributed by atoms with Gasteiger partial charge in [-0.1, -0.05) is 24.3 Å². The van der Waals surface area contributed by atoms with Gasteiger partial charge in [-0.15, -0.1) is 0 Å². The summed E-state index contributed by atoms with van der Waals surface area (Å²) >= 11 is 0. The lowest BCUT2D eigenvalue weighted by Crippen LogP contribution is -2.51. The van der Waals surface area contributed by atoms with Gasteiger partial charge in [0.25, 0.3) is 0 Å². The van der Waals surface area contributed by atoms with Gasteiger partial charge in [0.15, 0.2) is 0 Å². The van der Waals surface area contributed by atoms with Crippen molar-refractivity contribution in [2.75, 3.05) is 0 Å². The van der Waals surface area contributed by atoms with Crippen molar-refractivity contribution >= 4 is 30.3 Å². The monoisotopic (exact) mass is 401 g/mol. The molecule has 1 aromatic rings. The van der Waals surface area contributed by atoms with Crippen LogP contribution in [0.3, 0.4) is 0 Å². The van der Waals surface area contributed by atoms with Crippen LogP contribution < -0.4 is 21.8 Å². The molecule has 0 saturated carbocycles. The van der Waals surface area contributed by atoms with Crippen molar-refractivity contribution in [3.05, 3.63) is 29.8 Å². The summed E-state index contributed by atoms with van der Waals surface area (Å²) in [6.45, 7) is 7.98. The van der Waals surface area contributed by atoms with E-state index in [0.717, 1.165) is 11.0 Å². The van der Waals surface area contributed by atoms with E-state index in [1.165, 1.54) is 0 Å². The minimum Gasteiger partial charge on any atom is -0.399 e. The summed E-state index contributed by atoms with van der Waals surface area (Å²) < 4.78 is 12.1. The zero-order valence-electron chi connectivity index (χ0n) is 17.3. The molecule has 0 aliphatic carbocycles. The molecule has 0 bridgehead atoms. The third-order valence-corrected chi connectivity index (χ3v) is 5.92. The van der Waals surface area contributed by atoms with Crippen LogP contribution in [0, 0.1) is 0 Å². The van der Waals surface area contributed by atoms with Crippen LogP contribution in [0.2, 0.25) is 0 Å². The quantitative estimate of drug-likeness (QED) is 0.570. The van der Waals surface area contributed by atoms with Gasteiger partial charge in [-0.3, -0.25) is 14.4 Å². The van der Waals surface area contributed by atoms with E-state index in [4.69, 9.17) is 15.0 Å². The fourth-order valence-electron chi connectivity index (χ4n) is 3.33. The summed E-state index contributed by atoms with van der Waals surface area (Å²) in [5, 5.41) is 5.22. The fraction of sp³-hybridized carbons (Fsp3) is 0.550. The van der Waals surface area contributed by atoms with Crippen LogP contribution in [0.1, 0.15) is 46.1 Å². The minimum atomic E-state index is -0.859. The molecule has 2 saturated heterocycles. The maximum atomic E-state index is 12.3. The van der Waals surface area contributed by atoms with E-state index in [1.54, 1.807) is 0 Å². The van der Waals surface area contributed by atoms with Crippen LogP contribution in [-0.2, 0) is 30.1 Å². The van der Waals surface area contributed by atoms with E-state index in [0.29, 0.717) is 12.8 Å². The molecule has 2 fully saturated rings. The molecule has 2 aliphatic rings. The lowest BCUT2D eigenvalue weighted by molar-refractivity contribution is -0.129. The van der Waals surface area contributed by atoms with Gasteiger partial charge < -0.3 is 25.7 Å². The number of amides is 3. The first kappa shape index (κ1) is 21.3. The lowest BCUT2D eigenvalue weighted by Gasteiger charge is -2.32. The van der Waals surface area contributed by atoms with Gasteiger partial charge in [0, 0.05) is 12.8 Å². The molecule has 0 radical (unpaired) electrons. The second kappa shape index (κ2) is 7.80. The SMILES string of the molecule is CC1(C)OB(c2ccc(C[C@@H](NC(=O)[C@H]3CCC(=O)N3)C(N)=O)cc2)OC1(C)C. The van der Waals surface area contributed by atoms with E-state index in [2.05, 4.69) is 10.6 Å². The number of rotatable bonds is 6. The molecular weight excluding hydrogens is 373 g/mol. The average molecular weight is 401 g/mol. The van der Waals surface area contributed by atoms with Crippen molar-refractivity contribution in [3.8, 4) is 0 Å². The van der Waals surface area contributed by atoms with E-state index >= 15 is 0 Å². The molecule has 156 valence electrons. The van der Waals surface area contributed by atoms with Gasteiger partial charge in [0.05, 0.1) is 11.2 Å². The predicted molar refractivity (Wildman–Crippen MR) is 108 cm³/mol. The number of nitrogens with two attached hydrogens (primary N) is 1. The summed E-state index contributed by atoms with van der Waals surface area (Å²) in [6.07, 6.45) is 0.976. The average Bonchev–Trinajstić information content (AvgIpc) is 3.15. The standard InChI is InChI=1S/C20H28BN3O5/c1-19(2)20(3,4)29-21(28-19)13-7-5-12(6-8-13)11-15(17(22)26)24-18(27)14-9-10-16(25)23-14/h5-8,14-15H,9-11H2,1-4H3,(H2,22,26)(H,23,25)(H,24,27)/t14-,15-/m1/s1. The Labute approximate surface area is 171 Å². The van der Waals surface area contributed by atoms with E-state index in [9.17, 15) is 14.4 Å². The molecule has 2 aliphatic heterocycles. The van der Waals surface area contributed by atoms with Crippen molar-refractivity contribution < 1.29 is 23.7 Å². The fourth-order valence-corrected chi connectivity index (χ4v) is 3.33. The van der Waals surface area contributed by atoms with Gasteiger partial charge in [0.1, 0.15) is 12.1 Å². The highest BCUT2D eigenvalue weighted by Crippen LogP contribution is 2.36. The van der Waals surface area contributed by atoms with Crippen molar-refractivity contribution in [2.45, 2.75) is 70.2 Å². The second-order valence-corrected chi connectivity index (χ2v) is 8.66. The maximum Gasteiger partial charge on any atom is 0.494 e. The number of benzene rings is 1. The third kappa shape index (κ3) is 4.62. The van der Waals surface area contributed by atoms with Gasteiger partial charge in [-0.25, -0.2) is 0 Å². The molecule has 3 amide bonds. The maximum absolute atomic E-state index is 12.3. The predicted octanol–water partition coefficient (Wildman–Crippen LogP) is -0.223. The number of hydrogen-bond donors (Lipinski definition) is 3. The molecule has 3 rings (SSSR count). The zero-order chi connectivity index (χ0) is 21.4. The Bertz CT molecular complexity index is 793. The highest BCUT2D eigenvalue weighted by Gasteiger charge is 2.51. The van der Waals surface area contributed by atoms with Crippen LogP contribution in [0.4, 0.5) is 0 Å². The Morgan fingerprint density at radius 3 is 2.28 bits per heavy atom. The van der Waals surface area contributed by atoms with E-state index in [-0.39, 0.29) is 12.3 Å². The molecule has 4 N–H and O–H groups in total. The van der Waals surface area contributed by atoms with Gasteiger partial charge in [0.2, 0.25) is 17.7 Å². The number of hydrogen-bond acceptors (Lipinski definition) is 5. The Morgan fingerprint density at radius 1 is 1.21 bits per heavy atom. The lowest BCUT2D eigenvalue weighted by atomic mass is 9.78. The number of nitrogens with one attached hydrogen (secondary N) is 2. The van der Waals surface area contributed by atoms with Gasteiger partial charge in [-0.2, -0.15) is 0 Å². The molecule has 9 heteroatoms. The van der Waals surface area contributed by atoms with E-state index in [1.807, 2.05) is 52.0 Å². The summed E-state index contributed by atoms with van der Waals surface area (Å²) in [4.78, 5) is 35.4. The number of carbonyl (C=O) groups excluding carboxylic acids is 3. The first-order valence-corrected chi connectivity index (χ1v) is 9.82. The molecule has 1 aromatic carbocycles. The zero-order valence-corrected chi connectivity index (χ0v) is 17.3. The Balaban J connectivity index is 1.63. The molecule has 2 heterocycles. The number of primary amides is 1. The van der Waals surface area contributed by atoms with Crippen molar-refractivity contribution in [1.29, 1.82) is 0 Å². The van der Waals surface area contributed by atoms with Crippen molar-refractivity contribution in [3.63, 3.8) is 0 Å². The minimum absolute atomic E-state index is 0.168. The summed E-state index contributed by atoms with van der Waals surface area (Å²) in [6, 6.07) is 6.01. The van der Waals surface area contributed by atoms with Crippen LogP contribution in [-0.4, -0.2) is 48.1 Å². The van der Waals surface area contributed by atoms with Crippen LogP contribution in [0.25, 0.3) is 0 Å². The summed E-state index contributed by atoms with van der Waals surface area (Å²) in [7, 11) is -0.466. The third-order valence-electron chi connectivity index (χ3n) is 5.92. The smallest absolute Gasteiger partial charge is 0.399 e. The first-order chi connectivity index (χ1) is 13.5. The molecule has 0 unspecified atom stereocenters. The van der Waals surface area contributed by atoms with Gasteiger partial charge >= 0.3 is 7.12 Å². The highest BCUT2D eigenvalue weighted by molar-refractivity contribution is 6.62. The Morgan fingerprint density at radius 2 is 1.79 bits per heavy atom. The molecule has 0 spiro atoms. The van der Waals surface area contributed by atoms with Crippen LogP contribution >= 0.6 is 0 Å². The molecular formula is C20H28BN3O5. The Hall–Kier alpha value is -2.39. The largest absolute Gasteiger partial charge is 0.494 e. The Kier molecular flexibility index (Phi) is 5.73. The van der Waals surface area contributed by atoms with Crippen LogP contribution in [0.5, 0.6) is 0 Å². The topological polar surface area (TPSA) is 120 Å². The number of carbonyl (C=O) groups is 3. The molecule has 2 atom stereocenters. The first-order valence-electron chi connectivity index (χ1n) is 9.82. The van der Waals surface area contributed by atoms with Crippen molar-refractivity contribution in [2.24, 2.45) is 5.73 Å². The second-order valence-electron chi connectivity index (χ2n) is 8.66. The molecule has 29 heavy (non-hydrogen) atoms. The van der Waals surface area contributed by atoms with Crippen LogP contribution in [0.15, 0.2) is 24.3 Å². The summed E-state index contributed by atoms with van der Waals surface area (Å²) in [5.74, 6) is -1.19. The van der Waals surface area contributed by atoms with Crippen molar-refractivity contribution in [1.82, 2.24) is 10.6 Å². The molecule has 8 nitrogen and oxygen atoms in total. The summed E-state index contributed by atoms with van der Waals surface area (Å²) in [5.41, 5.74) is 6.33. The molecule has 0 aromatic heterocycles. The highest BCUT2D eigenvalue weighted by atomic mass is 16.7. The van der Waals surface area contributed by atoms with E-state index < -0.39 is 42.2 Å². The normalized spacial score (nSPS) is 23.5. The van der Waals surface area contributed by atoms with Gasteiger partial charge in [-0.05, 0) is 45.1 Å².